The highest BCUT2D eigenvalue weighted by Crippen LogP contribution is 2.15. The Bertz CT molecular complexity index is 42.9. The second-order valence-corrected chi connectivity index (χ2v) is 3.54. The molecular formula is C18H44. The molecule has 0 N–H and O–H groups in total. The van der Waals surface area contributed by atoms with Crippen LogP contribution in [0.25, 0.3) is 0 Å². The van der Waals surface area contributed by atoms with Gasteiger partial charge in [0.1, 0.15) is 0 Å². The van der Waals surface area contributed by atoms with Crippen LogP contribution in [-0.2, 0) is 0 Å². The molecule has 2 saturated carbocycles. The number of rotatable bonds is 0. The molecule has 0 aliphatic heterocycles. The Labute approximate surface area is 120 Å². The molecule has 0 saturated heterocycles. The number of hydrogen-bond acceptors (Lipinski definition) is 0. The molecule has 0 atom stereocenters. The van der Waals surface area contributed by atoms with E-state index >= 15 is 0 Å². The van der Waals surface area contributed by atoms with E-state index in [2.05, 4.69) is 0 Å². The van der Waals surface area contributed by atoms with E-state index in [0.717, 1.165) is 0 Å². The summed E-state index contributed by atoms with van der Waals surface area (Å²) >= 11 is 0. The quantitative estimate of drug-likeness (QED) is 0.414. The molecule has 0 heteroatoms. The van der Waals surface area contributed by atoms with Crippen LogP contribution in [0.4, 0.5) is 0 Å². The van der Waals surface area contributed by atoms with Crippen molar-refractivity contribution in [2.45, 2.75) is 120 Å². The third-order valence-corrected chi connectivity index (χ3v) is 2.50. The molecule has 2 rings (SSSR count). The molecule has 0 aromatic heterocycles. The van der Waals surface area contributed by atoms with Crippen molar-refractivity contribution in [3.8, 4) is 0 Å². The third-order valence-electron chi connectivity index (χ3n) is 2.50. The fraction of sp³-hybridized carbons (Fsp3) is 1.00. The Balaban J connectivity index is -0.0000000725. The van der Waals surface area contributed by atoms with Crippen LogP contribution in [0.2, 0.25) is 0 Å². The van der Waals surface area contributed by atoms with Gasteiger partial charge in [-0.1, -0.05) is 120 Å². The second-order valence-electron chi connectivity index (χ2n) is 3.54. The van der Waals surface area contributed by atoms with Gasteiger partial charge >= 0.3 is 0 Å². The second kappa shape index (κ2) is 43.5. The van der Waals surface area contributed by atoms with Crippen LogP contribution in [0.5, 0.6) is 0 Å². The van der Waals surface area contributed by atoms with E-state index < -0.39 is 0 Å². The van der Waals surface area contributed by atoms with Crippen molar-refractivity contribution in [1.82, 2.24) is 0 Å². The minimum atomic E-state index is 1.50. The van der Waals surface area contributed by atoms with Gasteiger partial charge in [-0.15, -0.1) is 0 Å². The average Bonchev–Trinajstić information content (AvgIpc) is 2.48. The maximum Gasteiger partial charge on any atom is -0.0533 e. The summed E-state index contributed by atoms with van der Waals surface area (Å²) in [5.74, 6) is 0. The summed E-state index contributed by atoms with van der Waals surface area (Å²) in [7, 11) is 0. The molecular weight excluding hydrogens is 216 g/mol. The van der Waals surface area contributed by atoms with Crippen molar-refractivity contribution in [3.63, 3.8) is 0 Å². The Morgan fingerprint density at radius 3 is 0.333 bits per heavy atom. The van der Waals surface area contributed by atoms with Crippen molar-refractivity contribution in [3.05, 3.63) is 0 Å². The summed E-state index contributed by atoms with van der Waals surface area (Å²) in [6.45, 7) is 16.0. The van der Waals surface area contributed by atoms with Gasteiger partial charge in [0.2, 0.25) is 0 Å². The molecule has 2 aliphatic carbocycles. The molecule has 2 fully saturated rings. The van der Waals surface area contributed by atoms with E-state index in [1.807, 2.05) is 55.4 Å². The Morgan fingerprint density at radius 1 is 0.222 bits per heavy atom. The smallest absolute Gasteiger partial charge is 0.0533 e. The number of hydrogen-bond donors (Lipinski definition) is 0. The fourth-order valence-corrected chi connectivity index (χ4v) is 1.31. The molecule has 0 amide bonds. The van der Waals surface area contributed by atoms with Crippen LogP contribution >= 0.6 is 0 Å². The predicted octanol–water partition coefficient (Wildman–Crippen LogP) is 8.01. The van der Waals surface area contributed by atoms with Crippen molar-refractivity contribution < 1.29 is 0 Å². The van der Waals surface area contributed by atoms with Crippen molar-refractivity contribution in [1.29, 1.82) is 0 Å². The first-order chi connectivity index (χ1) is 9.00. The van der Waals surface area contributed by atoms with Crippen LogP contribution in [-0.4, -0.2) is 0 Å². The van der Waals surface area contributed by atoms with E-state index in [1.165, 1.54) is 64.2 Å². The molecule has 2 aliphatic rings. The van der Waals surface area contributed by atoms with Crippen LogP contribution < -0.4 is 0 Å². The highest BCUT2D eigenvalue weighted by molar-refractivity contribution is 4.51. The molecule has 0 nitrogen and oxygen atoms in total. The lowest BCUT2D eigenvalue weighted by molar-refractivity contribution is 0.504. The first kappa shape index (κ1) is 26.5. The highest BCUT2D eigenvalue weighted by Gasteiger charge is 1.95. The third kappa shape index (κ3) is 36.0. The van der Waals surface area contributed by atoms with E-state index in [9.17, 15) is 0 Å². The topological polar surface area (TPSA) is 0 Å². The Kier molecular flexibility index (Phi) is 64.2. The summed E-state index contributed by atoms with van der Waals surface area (Å²) in [6, 6.07) is 0. The average molecular weight is 261 g/mol. The summed E-state index contributed by atoms with van der Waals surface area (Å²) in [5.41, 5.74) is 0. The molecule has 0 heterocycles. The molecule has 116 valence electrons. The van der Waals surface area contributed by atoms with Gasteiger partial charge in [-0.05, 0) is 0 Å². The lowest BCUT2D eigenvalue weighted by Gasteiger charge is -2.05. The van der Waals surface area contributed by atoms with E-state index in [4.69, 9.17) is 0 Å². The first-order valence-electron chi connectivity index (χ1n) is 9.00. The van der Waals surface area contributed by atoms with E-state index in [-0.39, 0.29) is 0 Å². The lowest BCUT2D eigenvalue weighted by Crippen LogP contribution is -1.85. The van der Waals surface area contributed by atoms with Gasteiger partial charge in [-0.2, -0.15) is 0 Å². The van der Waals surface area contributed by atoms with Crippen LogP contribution in [0, 0.1) is 0 Å². The van der Waals surface area contributed by atoms with Crippen molar-refractivity contribution in [2.75, 3.05) is 0 Å². The zero-order valence-electron chi connectivity index (χ0n) is 15.1. The minimum absolute atomic E-state index is 1.50. The summed E-state index contributed by atoms with van der Waals surface area (Å²) < 4.78 is 0. The van der Waals surface area contributed by atoms with Gasteiger partial charge in [0.25, 0.3) is 0 Å². The summed E-state index contributed by atoms with van der Waals surface area (Å²) in [5, 5.41) is 0. The molecule has 0 aromatic carbocycles. The van der Waals surface area contributed by atoms with Crippen LogP contribution in [0.15, 0.2) is 0 Å². The lowest BCUT2D eigenvalue weighted by atomic mass is 10.0. The van der Waals surface area contributed by atoms with Crippen molar-refractivity contribution in [2.24, 2.45) is 0 Å². The monoisotopic (exact) mass is 260 g/mol. The zero-order valence-corrected chi connectivity index (χ0v) is 15.1. The zero-order chi connectivity index (χ0) is 15.1. The Morgan fingerprint density at radius 2 is 0.278 bits per heavy atom. The maximum atomic E-state index is 2.00. The molecule has 0 bridgehead atoms. The Hall–Kier alpha value is 0. The van der Waals surface area contributed by atoms with Gasteiger partial charge in [0, 0.05) is 0 Å². The summed E-state index contributed by atoms with van der Waals surface area (Å²) in [4.78, 5) is 0. The largest absolute Gasteiger partial charge is 0.0683 e. The van der Waals surface area contributed by atoms with Gasteiger partial charge in [0.05, 0.1) is 0 Å². The minimum Gasteiger partial charge on any atom is -0.0683 e. The van der Waals surface area contributed by atoms with Gasteiger partial charge < -0.3 is 0 Å². The van der Waals surface area contributed by atoms with Gasteiger partial charge in [-0.25, -0.2) is 0 Å². The van der Waals surface area contributed by atoms with Gasteiger partial charge in [0.15, 0.2) is 0 Å². The predicted molar refractivity (Wildman–Crippen MR) is 91.6 cm³/mol. The first-order valence-corrected chi connectivity index (χ1v) is 9.00. The summed E-state index contributed by atoms with van der Waals surface area (Å²) in [6.07, 6.45) is 15.0. The molecule has 0 radical (unpaired) electrons. The van der Waals surface area contributed by atoms with Crippen LogP contribution in [0.3, 0.4) is 0 Å². The standard InChI is InChI=1S/C6H12.C4H8.4C2H6/c1-2-4-6-5-3-1;1-2-4-3-1;4*1-2/h1-6H2;1-4H2;4*1-2H3. The molecule has 0 aromatic rings. The van der Waals surface area contributed by atoms with E-state index in [0.29, 0.717) is 0 Å². The van der Waals surface area contributed by atoms with Gasteiger partial charge in [-0.3, -0.25) is 0 Å². The molecule has 0 spiro atoms. The fourth-order valence-electron chi connectivity index (χ4n) is 1.31. The highest BCUT2D eigenvalue weighted by atomic mass is 14.0. The maximum absolute atomic E-state index is 2.00. The molecule has 0 unspecified atom stereocenters. The van der Waals surface area contributed by atoms with Crippen molar-refractivity contribution >= 4 is 0 Å². The van der Waals surface area contributed by atoms with Crippen LogP contribution in [0.1, 0.15) is 120 Å². The molecule has 18 heavy (non-hydrogen) atoms. The SMILES string of the molecule is C1CCC1.C1CCCCC1.CC.CC.CC.CC. The normalized spacial score (nSPS) is 14.7. The van der Waals surface area contributed by atoms with E-state index in [1.54, 1.807) is 0 Å².